The van der Waals surface area contributed by atoms with Gasteiger partial charge in [0.1, 0.15) is 17.2 Å². The molecule has 0 saturated carbocycles. The van der Waals surface area contributed by atoms with E-state index in [1.807, 2.05) is 31.5 Å². The van der Waals surface area contributed by atoms with Crippen molar-refractivity contribution in [2.75, 3.05) is 0 Å². The lowest BCUT2D eigenvalue weighted by molar-refractivity contribution is 0.548. The number of benzene rings is 1. The molecule has 3 rings (SSSR count). The molecule has 110 valence electrons. The Bertz CT molecular complexity index is 805. The predicted molar refractivity (Wildman–Crippen MR) is 81.0 cm³/mol. The van der Waals surface area contributed by atoms with Crippen molar-refractivity contribution in [3.8, 4) is 0 Å². The fraction of sp³-hybridized carbons (Fsp3) is 0.333. The molecule has 2 heterocycles. The van der Waals surface area contributed by atoms with E-state index < -0.39 is 0 Å². The number of fused-ring (bicyclic) bond motifs is 1. The molecular formula is C15H16ClFN4. The Morgan fingerprint density at radius 3 is 2.71 bits per heavy atom. The van der Waals surface area contributed by atoms with Crippen LogP contribution in [0.2, 0.25) is 0 Å². The zero-order valence-corrected chi connectivity index (χ0v) is 12.9. The maximum absolute atomic E-state index is 14.1. The number of rotatable bonds is 3. The second-order valence-electron chi connectivity index (χ2n) is 5.11. The molecule has 0 bridgehead atoms. The fourth-order valence-corrected chi connectivity index (χ4v) is 2.98. The summed E-state index contributed by atoms with van der Waals surface area (Å²) in [5.41, 5.74) is 3.13. The fourth-order valence-electron chi connectivity index (χ4n) is 2.80. The van der Waals surface area contributed by atoms with Gasteiger partial charge >= 0.3 is 0 Å². The van der Waals surface area contributed by atoms with E-state index in [0.29, 0.717) is 5.56 Å². The van der Waals surface area contributed by atoms with Crippen LogP contribution in [-0.4, -0.2) is 19.3 Å². The van der Waals surface area contributed by atoms with E-state index in [1.165, 1.54) is 6.07 Å². The molecule has 0 aliphatic rings. The molecule has 3 aromatic rings. The Hall–Kier alpha value is -1.88. The Labute approximate surface area is 127 Å². The van der Waals surface area contributed by atoms with E-state index in [4.69, 9.17) is 11.6 Å². The highest BCUT2D eigenvalue weighted by Gasteiger charge is 2.22. The van der Waals surface area contributed by atoms with Crippen LogP contribution in [0.3, 0.4) is 0 Å². The zero-order chi connectivity index (χ0) is 15.1. The minimum absolute atomic E-state index is 0.209. The lowest BCUT2D eigenvalue weighted by Gasteiger charge is -2.18. The topological polar surface area (TPSA) is 35.6 Å². The van der Waals surface area contributed by atoms with Gasteiger partial charge in [-0.05, 0) is 19.9 Å². The molecule has 0 N–H and O–H groups in total. The molecule has 0 saturated heterocycles. The Morgan fingerprint density at radius 2 is 2.05 bits per heavy atom. The van der Waals surface area contributed by atoms with Crippen LogP contribution < -0.4 is 0 Å². The van der Waals surface area contributed by atoms with Gasteiger partial charge in [0.2, 0.25) is 0 Å². The van der Waals surface area contributed by atoms with Crippen LogP contribution in [0.15, 0.2) is 24.3 Å². The number of hydrogen-bond donors (Lipinski definition) is 0. The first-order valence-electron chi connectivity index (χ1n) is 6.75. The highest BCUT2D eigenvalue weighted by molar-refractivity contribution is 6.16. The molecule has 0 aliphatic heterocycles. The van der Waals surface area contributed by atoms with Crippen molar-refractivity contribution < 1.29 is 4.39 Å². The third kappa shape index (κ3) is 2.12. The monoisotopic (exact) mass is 306 g/mol. The van der Waals surface area contributed by atoms with Gasteiger partial charge in [-0.25, -0.2) is 9.37 Å². The van der Waals surface area contributed by atoms with Crippen LogP contribution in [0, 0.1) is 12.7 Å². The number of imidazole rings is 1. The smallest absolute Gasteiger partial charge is 0.159 e. The maximum atomic E-state index is 14.1. The minimum atomic E-state index is -0.230. The van der Waals surface area contributed by atoms with Gasteiger partial charge < -0.3 is 4.57 Å². The second-order valence-corrected chi connectivity index (χ2v) is 5.38. The van der Waals surface area contributed by atoms with Gasteiger partial charge in [-0.1, -0.05) is 18.2 Å². The van der Waals surface area contributed by atoms with Crippen molar-refractivity contribution in [3.63, 3.8) is 0 Å². The minimum Gasteiger partial charge on any atom is -0.304 e. The average Bonchev–Trinajstić information content (AvgIpc) is 2.97. The highest BCUT2D eigenvalue weighted by Crippen LogP contribution is 2.29. The third-order valence-electron chi connectivity index (χ3n) is 3.77. The normalized spacial score (nSPS) is 13.0. The van der Waals surface area contributed by atoms with Crippen molar-refractivity contribution in [2.45, 2.75) is 25.8 Å². The van der Waals surface area contributed by atoms with Crippen molar-refractivity contribution in [3.05, 3.63) is 47.2 Å². The number of alkyl halides is 1. The first-order chi connectivity index (χ1) is 10.0. The molecule has 0 amide bonds. The maximum Gasteiger partial charge on any atom is 0.159 e. The first kappa shape index (κ1) is 14.1. The lowest BCUT2D eigenvalue weighted by atomic mass is 10.1. The van der Waals surface area contributed by atoms with E-state index in [2.05, 4.69) is 10.1 Å². The van der Waals surface area contributed by atoms with E-state index >= 15 is 0 Å². The molecule has 0 fully saturated rings. The molecule has 1 atom stereocenters. The van der Waals surface area contributed by atoms with Crippen molar-refractivity contribution in [1.29, 1.82) is 0 Å². The van der Waals surface area contributed by atoms with Crippen LogP contribution in [0.1, 0.15) is 30.0 Å². The number of aryl methyl sites for hydroxylation is 2. The largest absolute Gasteiger partial charge is 0.304 e. The van der Waals surface area contributed by atoms with Crippen molar-refractivity contribution in [1.82, 2.24) is 19.3 Å². The molecule has 0 radical (unpaired) electrons. The van der Waals surface area contributed by atoms with Crippen LogP contribution in [0.25, 0.3) is 11.2 Å². The molecule has 2 aromatic heterocycles. The van der Waals surface area contributed by atoms with Gasteiger partial charge in [-0.3, -0.25) is 4.68 Å². The summed E-state index contributed by atoms with van der Waals surface area (Å²) in [6, 6.07) is 6.56. The molecule has 21 heavy (non-hydrogen) atoms. The number of nitrogens with zero attached hydrogens (tertiary/aromatic N) is 4. The summed E-state index contributed by atoms with van der Waals surface area (Å²) in [6.07, 6.45) is 0. The van der Waals surface area contributed by atoms with Gasteiger partial charge in [0, 0.05) is 12.6 Å². The molecule has 6 heteroatoms. The molecule has 1 aromatic carbocycles. The molecule has 4 nitrogen and oxygen atoms in total. The van der Waals surface area contributed by atoms with Crippen LogP contribution >= 0.6 is 11.6 Å². The van der Waals surface area contributed by atoms with E-state index in [-0.39, 0.29) is 17.7 Å². The molecular weight excluding hydrogens is 291 g/mol. The standard InChI is InChI=1S/C15H16ClFN4/c1-9-14-15(20(3)19-9)21(13(8-16)18-14)10(2)11-6-4-5-7-12(11)17/h4-7,10H,8H2,1-3H3. The Morgan fingerprint density at radius 1 is 1.33 bits per heavy atom. The summed E-state index contributed by atoms with van der Waals surface area (Å²) in [7, 11) is 1.86. The van der Waals surface area contributed by atoms with Gasteiger partial charge in [0.15, 0.2) is 5.65 Å². The van der Waals surface area contributed by atoms with Crippen LogP contribution in [0.5, 0.6) is 0 Å². The van der Waals surface area contributed by atoms with Gasteiger partial charge in [-0.15, -0.1) is 11.6 Å². The quantitative estimate of drug-likeness (QED) is 0.694. The van der Waals surface area contributed by atoms with E-state index in [0.717, 1.165) is 22.7 Å². The summed E-state index contributed by atoms with van der Waals surface area (Å²) in [5.74, 6) is 0.761. The summed E-state index contributed by atoms with van der Waals surface area (Å²) in [6.45, 7) is 3.85. The molecule has 0 aliphatic carbocycles. The lowest BCUT2D eigenvalue weighted by Crippen LogP contribution is -2.13. The number of halogens is 2. The molecule has 1 unspecified atom stereocenters. The van der Waals surface area contributed by atoms with Gasteiger partial charge in [0.25, 0.3) is 0 Å². The second kappa shape index (κ2) is 5.15. The first-order valence-corrected chi connectivity index (χ1v) is 7.28. The van der Waals surface area contributed by atoms with Crippen molar-refractivity contribution in [2.24, 2.45) is 7.05 Å². The van der Waals surface area contributed by atoms with E-state index in [9.17, 15) is 4.39 Å². The van der Waals surface area contributed by atoms with E-state index in [1.54, 1.807) is 16.8 Å². The van der Waals surface area contributed by atoms with Gasteiger partial charge in [0.05, 0.1) is 17.6 Å². The zero-order valence-electron chi connectivity index (χ0n) is 12.1. The van der Waals surface area contributed by atoms with Crippen LogP contribution in [0.4, 0.5) is 4.39 Å². The Kier molecular flexibility index (Phi) is 3.45. The van der Waals surface area contributed by atoms with Gasteiger partial charge in [-0.2, -0.15) is 5.10 Å². The third-order valence-corrected chi connectivity index (χ3v) is 4.01. The number of hydrogen-bond acceptors (Lipinski definition) is 2. The summed E-state index contributed by atoms with van der Waals surface area (Å²) in [4.78, 5) is 4.55. The Balaban J connectivity index is 2.26. The predicted octanol–water partition coefficient (Wildman–Crippen LogP) is 3.57. The van der Waals surface area contributed by atoms with Crippen LogP contribution in [-0.2, 0) is 12.9 Å². The summed E-state index contributed by atoms with van der Waals surface area (Å²) >= 11 is 6.03. The van der Waals surface area contributed by atoms with Crippen molar-refractivity contribution >= 4 is 22.8 Å². The average molecular weight is 307 g/mol. The molecule has 0 spiro atoms. The summed E-state index contributed by atoms with van der Waals surface area (Å²) < 4.78 is 17.8. The number of aromatic nitrogens is 4. The summed E-state index contributed by atoms with van der Waals surface area (Å²) in [5, 5.41) is 4.38. The highest BCUT2D eigenvalue weighted by atomic mass is 35.5. The SMILES string of the molecule is Cc1nn(C)c2c1nc(CCl)n2C(C)c1ccccc1F.